The molecule has 0 spiro atoms. The fraction of sp³-hybridized carbons (Fsp3) is 0.750. The summed E-state index contributed by atoms with van der Waals surface area (Å²) in [5.74, 6) is 0. The minimum absolute atomic E-state index is 0.0486. The van der Waals surface area contributed by atoms with Crippen LogP contribution in [0.2, 0.25) is 0 Å². The molecule has 0 N–H and O–H groups in total. The molecule has 0 saturated heterocycles. The molecule has 0 aliphatic heterocycles. The lowest BCUT2D eigenvalue weighted by atomic mass is 10.2. The molecule has 0 aromatic heterocycles. The fourth-order valence-electron chi connectivity index (χ4n) is 0.0315. The topological polar surface area (TPSA) is 17.1 Å². The van der Waals surface area contributed by atoms with Crippen LogP contribution in [0, 0.1) is 0 Å². The molecular weight excluding hydrogens is 102 g/mol. The molecule has 0 unspecified atom stereocenters. The summed E-state index contributed by atoms with van der Waals surface area (Å²) in [6, 6.07) is 0. The Labute approximate surface area is 40.3 Å². The summed E-state index contributed by atoms with van der Waals surface area (Å²) in [6.07, 6.45) is -0.0486. The van der Waals surface area contributed by atoms with Gasteiger partial charge in [-0.1, -0.05) is 0 Å². The van der Waals surface area contributed by atoms with Crippen molar-refractivity contribution in [2.75, 3.05) is 6.67 Å². The Balaban J connectivity index is 3.58. The molecule has 3 heteroatoms. The Morgan fingerprint density at radius 2 is 2.29 bits per heavy atom. The molecule has 0 radical (unpaired) electrons. The van der Waals surface area contributed by atoms with Gasteiger partial charge in [0.2, 0.25) is 0 Å². The van der Waals surface area contributed by atoms with Crippen molar-refractivity contribution < 1.29 is 13.6 Å². The maximum atomic E-state index is 11.8. The first-order valence-electron chi connectivity index (χ1n) is 1.83. The Kier molecular flexibility index (Phi) is 1.87. The smallest absolute Gasteiger partial charge is 0.191 e. The van der Waals surface area contributed by atoms with Crippen molar-refractivity contribution in [3.05, 3.63) is 0 Å². The van der Waals surface area contributed by atoms with Gasteiger partial charge in [0.05, 0.1) is 0 Å². The van der Waals surface area contributed by atoms with Crippen LogP contribution in [0.3, 0.4) is 0 Å². The first-order chi connectivity index (χ1) is 3.12. The van der Waals surface area contributed by atoms with Crippen molar-refractivity contribution in [3.63, 3.8) is 0 Å². The van der Waals surface area contributed by atoms with E-state index >= 15 is 0 Å². The fourth-order valence-corrected chi connectivity index (χ4v) is 0.0315. The molecule has 42 valence electrons. The van der Waals surface area contributed by atoms with E-state index in [1.54, 1.807) is 0 Å². The highest BCUT2D eigenvalue weighted by Gasteiger charge is 2.20. The molecule has 1 atom stereocenters. The van der Waals surface area contributed by atoms with Gasteiger partial charge in [-0.3, -0.25) is 4.79 Å². The van der Waals surface area contributed by atoms with Crippen molar-refractivity contribution in [1.82, 2.24) is 0 Å². The van der Waals surface area contributed by atoms with E-state index in [1.807, 2.05) is 0 Å². The molecule has 0 saturated carbocycles. The zero-order valence-electron chi connectivity index (χ0n) is 3.95. The summed E-state index contributed by atoms with van der Waals surface area (Å²) in [6.45, 7) is -0.351. The second-order valence-corrected chi connectivity index (χ2v) is 1.53. The predicted octanol–water partition coefficient (Wildman–Crippen LogP) is 0.883. The highest BCUT2D eigenvalue weighted by atomic mass is 19.2. The molecular formula is C4H6F2O. The van der Waals surface area contributed by atoms with Gasteiger partial charge in [-0.15, -0.1) is 0 Å². The maximum absolute atomic E-state index is 11.8. The summed E-state index contributed by atoms with van der Waals surface area (Å²) in [7, 11) is 0. The Hall–Kier alpha value is -0.470. The average Bonchev–Trinajstić information content (AvgIpc) is 1.68. The number of alkyl halides is 2. The lowest BCUT2D eigenvalue weighted by molar-refractivity contribution is -0.117. The van der Waals surface area contributed by atoms with Gasteiger partial charge in [-0.2, -0.15) is 0 Å². The standard InChI is InChI=1S/C4H6F2O/c1-4(6,2-5)3-7/h3H,2H2,1H3/t4-/m0/s1. The lowest BCUT2D eigenvalue weighted by Crippen LogP contribution is -2.21. The SMILES string of the molecule is C[C@@](F)(C=O)CF. The van der Waals surface area contributed by atoms with Gasteiger partial charge in [0.25, 0.3) is 0 Å². The van der Waals surface area contributed by atoms with Gasteiger partial charge in [0.1, 0.15) is 6.67 Å². The van der Waals surface area contributed by atoms with E-state index in [2.05, 4.69) is 0 Å². The van der Waals surface area contributed by atoms with Gasteiger partial charge < -0.3 is 0 Å². The predicted molar refractivity (Wildman–Crippen MR) is 21.6 cm³/mol. The van der Waals surface area contributed by atoms with Gasteiger partial charge in [0, 0.05) is 0 Å². The molecule has 0 fully saturated rings. The molecule has 0 aromatic carbocycles. The molecule has 0 heterocycles. The van der Waals surface area contributed by atoms with Gasteiger partial charge >= 0.3 is 0 Å². The maximum Gasteiger partial charge on any atom is 0.191 e. The van der Waals surface area contributed by atoms with Gasteiger partial charge in [0.15, 0.2) is 12.0 Å². The van der Waals surface area contributed by atoms with Gasteiger partial charge in [-0.05, 0) is 6.92 Å². The van der Waals surface area contributed by atoms with Crippen molar-refractivity contribution >= 4 is 6.29 Å². The molecule has 1 nitrogen and oxygen atoms in total. The summed E-state index contributed by atoms with van der Waals surface area (Å²) >= 11 is 0. The highest BCUT2D eigenvalue weighted by Crippen LogP contribution is 2.04. The van der Waals surface area contributed by atoms with Crippen molar-refractivity contribution in [2.24, 2.45) is 0 Å². The summed E-state index contributed by atoms with van der Waals surface area (Å²) < 4.78 is 23.0. The van der Waals surface area contributed by atoms with Gasteiger partial charge in [-0.25, -0.2) is 8.78 Å². The largest absolute Gasteiger partial charge is 0.300 e. The number of carbonyl (C=O) groups excluding carboxylic acids is 1. The van der Waals surface area contributed by atoms with Crippen LogP contribution in [0.25, 0.3) is 0 Å². The second-order valence-electron chi connectivity index (χ2n) is 1.53. The van der Waals surface area contributed by atoms with Crippen molar-refractivity contribution in [3.8, 4) is 0 Å². The number of hydrogen-bond acceptors (Lipinski definition) is 1. The zero-order valence-corrected chi connectivity index (χ0v) is 3.95. The van der Waals surface area contributed by atoms with E-state index in [9.17, 15) is 13.6 Å². The van der Waals surface area contributed by atoms with Crippen LogP contribution >= 0.6 is 0 Å². The van der Waals surface area contributed by atoms with Crippen LogP contribution in [0.15, 0.2) is 0 Å². The van der Waals surface area contributed by atoms with Crippen molar-refractivity contribution in [2.45, 2.75) is 12.6 Å². The number of hydrogen-bond donors (Lipinski definition) is 0. The molecule has 0 rings (SSSR count). The second kappa shape index (κ2) is 2.00. The Bertz CT molecular complexity index is 70.1. The first kappa shape index (κ1) is 6.53. The third-order valence-corrected chi connectivity index (χ3v) is 0.507. The molecule has 0 amide bonds. The minimum Gasteiger partial charge on any atom is -0.300 e. The van der Waals surface area contributed by atoms with Crippen LogP contribution in [-0.4, -0.2) is 18.6 Å². The van der Waals surface area contributed by atoms with E-state index in [1.165, 1.54) is 0 Å². The zero-order chi connectivity index (χ0) is 5.91. The number of carbonyl (C=O) groups is 1. The minimum atomic E-state index is -2.26. The van der Waals surface area contributed by atoms with Crippen molar-refractivity contribution in [1.29, 1.82) is 0 Å². The summed E-state index contributed by atoms with van der Waals surface area (Å²) in [4.78, 5) is 9.44. The molecule has 0 bridgehead atoms. The van der Waals surface area contributed by atoms with Crippen LogP contribution in [0.5, 0.6) is 0 Å². The first-order valence-corrected chi connectivity index (χ1v) is 1.83. The molecule has 7 heavy (non-hydrogen) atoms. The van der Waals surface area contributed by atoms with E-state index < -0.39 is 12.3 Å². The van der Waals surface area contributed by atoms with E-state index in [-0.39, 0.29) is 6.29 Å². The molecule has 0 aromatic rings. The number of halogens is 2. The molecule has 0 aliphatic carbocycles. The number of rotatable bonds is 2. The average molecular weight is 108 g/mol. The third kappa shape index (κ3) is 2.25. The monoisotopic (exact) mass is 108 g/mol. The van der Waals surface area contributed by atoms with Crippen LogP contribution in [-0.2, 0) is 4.79 Å². The highest BCUT2D eigenvalue weighted by molar-refractivity contribution is 5.61. The normalized spacial score (nSPS) is 18.1. The third-order valence-electron chi connectivity index (χ3n) is 0.507. The lowest BCUT2D eigenvalue weighted by Gasteiger charge is -2.02. The number of aldehydes is 1. The van der Waals surface area contributed by atoms with E-state index in [0.29, 0.717) is 0 Å². The van der Waals surface area contributed by atoms with E-state index in [0.717, 1.165) is 6.92 Å². The van der Waals surface area contributed by atoms with Crippen LogP contribution in [0.1, 0.15) is 6.92 Å². The summed E-state index contributed by atoms with van der Waals surface area (Å²) in [5.41, 5.74) is -2.26. The Morgan fingerprint density at radius 3 is 2.29 bits per heavy atom. The summed E-state index contributed by atoms with van der Waals surface area (Å²) in [5, 5.41) is 0. The van der Waals surface area contributed by atoms with E-state index in [4.69, 9.17) is 0 Å². The molecule has 0 aliphatic rings. The Morgan fingerprint density at radius 1 is 1.86 bits per heavy atom. The van der Waals surface area contributed by atoms with Crippen LogP contribution in [0.4, 0.5) is 8.78 Å². The quantitative estimate of drug-likeness (QED) is 0.480. The van der Waals surface area contributed by atoms with Crippen LogP contribution < -0.4 is 0 Å².